The topological polar surface area (TPSA) is 40.5 Å². The van der Waals surface area contributed by atoms with Gasteiger partial charge in [0.15, 0.2) is 0 Å². The molecule has 0 radical (unpaired) electrons. The molecule has 0 aliphatic heterocycles. The summed E-state index contributed by atoms with van der Waals surface area (Å²) in [6, 6.07) is 0. The zero-order valence-corrected chi connectivity index (χ0v) is 22.1. The standard InChI is InChI=1S/C30H50O2/c1-25(2)14-16-30(19-31)17-15-28(6)20(21(30)18-25)8-9-23-27(5)12-11-24(32)26(3,4)22(27)10-13-29(23,28)7/h18,20,22-24,31-32H,8-17,19H2,1-7H3/t20?,22?,23?,24-,27-,28+,29+,30+/m0/s1. The van der Waals surface area contributed by atoms with Gasteiger partial charge in [-0.1, -0.05) is 60.1 Å². The summed E-state index contributed by atoms with van der Waals surface area (Å²) >= 11 is 0. The van der Waals surface area contributed by atoms with Crippen molar-refractivity contribution in [3.05, 3.63) is 11.6 Å². The summed E-state index contributed by atoms with van der Waals surface area (Å²) in [5.74, 6) is 2.01. The maximum Gasteiger partial charge on any atom is 0.0594 e. The molecule has 0 saturated heterocycles. The van der Waals surface area contributed by atoms with Crippen LogP contribution in [0.5, 0.6) is 0 Å². The van der Waals surface area contributed by atoms with Crippen molar-refractivity contribution in [1.29, 1.82) is 0 Å². The molecule has 0 aromatic heterocycles. The normalized spacial score (nSPS) is 53.8. The number of fused-ring (bicyclic) bond motifs is 7. The van der Waals surface area contributed by atoms with Crippen LogP contribution in [0.15, 0.2) is 11.6 Å². The third kappa shape index (κ3) is 2.78. The zero-order valence-electron chi connectivity index (χ0n) is 22.1. The summed E-state index contributed by atoms with van der Waals surface area (Å²) in [4.78, 5) is 0. The molecular weight excluding hydrogens is 392 g/mol. The molecule has 32 heavy (non-hydrogen) atoms. The maximum absolute atomic E-state index is 10.9. The first-order valence-electron chi connectivity index (χ1n) is 13.8. The smallest absolute Gasteiger partial charge is 0.0594 e. The van der Waals surface area contributed by atoms with Crippen LogP contribution in [0.1, 0.15) is 113 Å². The van der Waals surface area contributed by atoms with Crippen molar-refractivity contribution < 1.29 is 10.2 Å². The van der Waals surface area contributed by atoms with E-state index in [2.05, 4.69) is 54.5 Å². The average Bonchev–Trinajstić information content (AvgIpc) is 2.71. The molecule has 4 fully saturated rings. The van der Waals surface area contributed by atoms with Crippen molar-refractivity contribution in [2.45, 2.75) is 119 Å². The van der Waals surface area contributed by atoms with Gasteiger partial charge in [-0.3, -0.25) is 0 Å². The Bertz CT molecular complexity index is 810. The second-order valence-electron chi connectivity index (χ2n) is 15.0. The predicted octanol–water partition coefficient (Wildman–Crippen LogP) is 7.14. The van der Waals surface area contributed by atoms with E-state index in [9.17, 15) is 10.2 Å². The van der Waals surface area contributed by atoms with Crippen molar-refractivity contribution in [2.75, 3.05) is 6.61 Å². The van der Waals surface area contributed by atoms with E-state index in [0.717, 1.165) is 12.3 Å². The Morgan fingerprint density at radius 1 is 0.750 bits per heavy atom. The van der Waals surface area contributed by atoms with Crippen molar-refractivity contribution in [3.8, 4) is 0 Å². The Kier molecular flexibility index (Phi) is 5.02. The van der Waals surface area contributed by atoms with E-state index >= 15 is 0 Å². The van der Waals surface area contributed by atoms with Gasteiger partial charge >= 0.3 is 0 Å². The van der Waals surface area contributed by atoms with Crippen LogP contribution >= 0.6 is 0 Å². The third-order valence-corrected chi connectivity index (χ3v) is 13.1. The lowest BCUT2D eigenvalue weighted by atomic mass is 9.32. The van der Waals surface area contributed by atoms with Crippen LogP contribution in [0.4, 0.5) is 0 Å². The van der Waals surface area contributed by atoms with Gasteiger partial charge in [-0.25, -0.2) is 0 Å². The zero-order chi connectivity index (χ0) is 23.4. The molecule has 5 rings (SSSR count). The largest absolute Gasteiger partial charge is 0.395 e. The Morgan fingerprint density at radius 3 is 2.12 bits per heavy atom. The fourth-order valence-corrected chi connectivity index (χ4v) is 10.7. The van der Waals surface area contributed by atoms with E-state index in [1.165, 1.54) is 57.8 Å². The molecule has 0 heterocycles. The van der Waals surface area contributed by atoms with E-state index in [0.29, 0.717) is 34.7 Å². The Balaban J connectivity index is 1.57. The van der Waals surface area contributed by atoms with Crippen molar-refractivity contribution >= 4 is 0 Å². The minimum atomic E-state index is -0.147. The third-order valence-electron chi connectivity index (χ3n) is 13.1. The van der Waals surface area contributed by atoms with Crippen LogP contribution in [-0.4, -0.2) is 22.9 Å². The molecule has 0 spiro atoms. The highest BCUT2D eigenvalue weighted by Crippen LogP contribution is 2.76. The van der Waals surface area contributed by atoms with E-state index < -0.39 is 0 Å². The lowest BCUT2D eigenvalue weighted by Crippen LogP contribution is -2.66. The highest BCUT2D eigenvalue weighted by atomic mass is 16.3. The average molecular weight is 443 g/mol. The first-order valence-corrected chi connectivity index (χ1v) is 13.8. The Morgan fingerprint density at radius 2 is 1.44 bits per heavy atom. The van der Waals surface area contributed by atoms with Crippen LogP contribution in [0.25, 0.3) is 0 Å². The number of rotatable bonds is 1. The second kappa shape index (κ2) is 6.87. The highest BCUT2D eigenvalue weighted by Gasteiger charge is 2.68. The number of allylic oxidation sites excluding steroid dienone is 1. The molecule has 2 N–H and O–H groups in total. The van der Waals surface area contributed by atoms with Gasteiger partial charge in [0.25, 0.3) is 0 Å². The fourth-order valence-electron chi connectivity index (χ4n) is 10.7. The van der Waals surface area contributed by atoms with Crippen LogP contribution in [-0.2, 0) is 0 Å². The van der Waals surface area contributed by atoms with Gasteiger partial charge < -0.3 is 10.2 Å². The highest BCUT2D eigenvalue weighted by molar-refractivity contribution is 5.32. The number of aliphatic hydroxyl groups is 2. The second-order valence-corrected chi connectivity index (χ2v) is 15.0. The van der Waals surface area contributed by atoms with Crippen molar-refractivity contribution in [2.24, 2.45) is 50.2 Å². The lowest BCUT2D eigenvalue weighted by Gasteiger charge is -2.72. The van der Waals surface area contributed by atoms with Crippen molar-refractivity contribution in [1.82, 2.24) is 0 Å². The summed E-state index contributed by atoms with van der Waals surface area (Å²) in [5.41, 5.74) is 3.01. The van der Waals surface area contributed by atoms with Crippen LogP contribution in [0.2, 0.25) is 0 Å². The Labute approximate surface area is 197 Å². The SMILES string of the molecule is CC1(C)C=C2C3CCC4[C@@]5(C)CC[C@H](O)C(C)(C)C5CC[C@@]4(C)[C@]3(C)CC[C@@]2(CO)CC1. The Hall–Kier alpha value is -0.340. The molecule has 182 valence electrons. The predicted molar refractivity (Wildman–Crippen MR) is 132 cm³/mol. The van der Waals surface area contributed by atoms with Gasteiger partial charge in [0.1, 0.15) is 0 Å². The lowest BCUT2D eigenvalue weighted by molar-refractivity contribution is -0.230. The molecule has 0 aromatic rings. The van der Waals surface area contributed by atoms with E-state index in [1.54, 1.807) is 5.57 Å². The molecule has 5 aliphatic carbocycles. The molecule has 2 nitrogen and oxygen atoms in total. The van der Waals surface area contributed by atoms with E-state index in [4.69, 9.17) is 0 Å². The molecule has 0 amide bonds. The summed E-state index contributed by atoms with van der Waals surface area (Å²) in [6.07, 6.45) is 14.7. The summed E-state index contributed by atoms with van der Waals surface area (Å²) in [7, 11) is 0. The molecule has 4 saturated carbocycles. The molecule has 2 heteroatoms. The summed E-state index contributed by atoms with van der Waals surface area (Å²) < 4.78 is 0. The molecule has 0 bridgehead atoms. The molecule has 5 aliphatic rings. The van der Waals surface area contributed by atoms with E-state index in [-0.39, 0.29) is 22.3 Å². The number of aliphatic hydroxyl groups excluding tert-OH is 2. The summed E-state index contributed by atoms with van der Waals surface area (Å²) in [5, 5.41) is 21.5. The number of hydrogen-bond donors (Lipinski definition) is 2. The van der Waals surface area contributed by atoms with Gasteiger partial charge in [0.2, 0.25) is 0 Å². The molecule has 0 aromatic carbocycles. The van der Waals surface area contributed by atoms with Crippen LogP contribution < -0.4 is 0 Å². The quantitative estimate of drug-likeness (QED) is 0.424. The van der Waals surface area contributed by atoms with E-state index in [1.807, 2.05) is 0 Å². The van der Waals surface area contributed by atoms with Crippen LogP contribution in [0, 0.1) is 50.2 Å². The summed E-state index contributed by atoms with van der Waals surface area (Å²) in [6.45, 7) is 17.8. The molecule has 8 atom stereocenters. The molecule has 3 unspecified atom stereocenters. The number of hydrogen-bond acceptors (Lipinski definition) is 2. The minimum Gasteiger partial charge on any atom is -0.395 e. The first kappa shape index (κ1) is 23.4. The molecular formula is C30H50O2. The van der Waals surface area contributed by atoms with Gasteiger partial charge in [0.05, 0.1) is 12.7 Å². The monoisotopic (exact) mass is 442 g/mol. The van der Waals surface area contributed by atoms with Crippen LogP contribution in [0.3, 0.4) is 0 Å². The first-order chi connectivity index (χ1) is 14.8. The fraction of sp³-hybridized carbons (Fsp3) is 0.933. The van der Waals surface area contributed by atoms with Gasteiger partial charge in [-0.05, 0) is 109 Å². The van der Waals surface area contributed by atoms with Gasteiger partial charge in [0, 0.05) is 5.41 Å². The van der Waals surface area contributed by atoms with Gasteiger partial charge in [-0.15, -0.1) is 0 Å². The van der Waals surface area contributed by atoms with Crippen molar-refractivity contribution in [3.63, 3.8) is 0 Å². The maximum atomic E-state index is 10.9. The van der Waals surface area contributed by atoms with Gasteiger partial charge in [-0.2, -0.15) is 0 Å². The minimum absolute atomic E-state index is 0.0284.